The van der Waals surface area contributed by atoms with Crippen LogP contribution in [-0.4, -0.2) is 33.5 Å². The van der Waals surface area contributed by atoms with E-state index in [0.717, 1.165) is 0 Å². The predicted molar refractivity (Wildman–Crippen MR) is 145 cm³/mol. The van der Waals surface area contributed by atoms with Crippen LogP contribution in [0.15, 0.2) is 132 Å². The SMILES string of the molecule is O=C(NN=C(c1ccccc1)C(O)c1ccccc1)C(=O)NN=C(c1ccccc1)C(O)c1ccccc1. The van der Waals surface area contributed by atoms with Crippen molar-refractivity contribution < 1.29 is 19.8 Å². The van der Waals surface area contributed by atoms with E-state index in [-0.39, 0.29) is 11.4 Å². The quantitative estimate of drug-likeness (QED) is 0.166. The minimum Gasteiger partial charge on any atom is -0.382 e. The van der Waals surface area contributed by atoms with Gasteiger partial charge in [-0.05, 0) is 11.1 Å². The second kappa shape index (κ2) is 12.9. The predicted octanol–water partition coefficient (Wildman–Crippen LogP) is 3.49. The molecule has 190 valence electrons. The Labute approximate surface area is 220 Å². The molecule has 2 amide bonds. The molecule has 0 radical (unpaired) electrons. The molecule has 0 bridgehead atoms. The van der Waals surface area contributed by atoms with Crippen LogP contribution in [0.1, 0.15) is 34.5 Å². The van der Waals surface area contributed by atoms with Crippen molar-refractivity contribution in [2.45, 2.75) is 12.2 Å². The van der Waals surface area contributed by atoms with Gasteiger partial charge in [-0.25, -0.2) is 10.9 Å². The number of nitrogens with one attached hydrogen (secondary N) is 2. The van der Waals surface area contributed by atoms with Gasteiger partial charge >= 0.3 is 11.8 Å². The average Bonchev–Trinajstić information content (AvgIpc) is 2.99. The lowest BCUT2D eigenvalue weighted by molar-refractivity contribution is -0.139. The molecule has 0 saturated carbocycles. The summed E-state index contributed by atoms with van der Waals surface area (Å²) in [6, 6.07) is 35.3. The lowest BCUT2D eigenvalue weighted by Crippen LogP contribution is -2.37. The summed E-state index contributed by atoms with van der Waals surface area (Å²) in [7, 11) is 0. The Morgan fingerprint density at radius 1 is 0.500 bits per heavy atom. The normalized spacial score (nSPS) is 13.3. The largest absolute Gasteiger partial charge is 0.382 e. The van der Waals surface area contributed by atoms with E-state index in [1.165, 1.54) is 0 Å². The summed E-state index contributed by atoms with van der Waals surface area (Å²) in [5.41, 5.74) is 7.00. The number of hydrogen-bond donors (Lipinski definition) is 4. The molecule has 0 saturated heterocycles. The molecule has 8 nitrogen and oxygen atoms in total. The first-order valence-corrected chi connectivity index (χ1v) is 11.9. The third kappa shape index (κ3) is 6.64. The van der Waals surface area contributed by atoms with Crippen LogP contribution < -0.4 is 10.9 Å². The van der Waals surface area contributed by atoms with Gasteiger partial charge < -0.3 is 10.2 Å². The highest BCUT2D eigenvalue weighted by Gasteiger charge is 2.21. The number of aliphatic hydroxyl groups is 2. The number of carbonyl (C=O) groups excluding carboxylic acids is 2. The molecule has 4 rings (SSSR count). The maximum atomic E-state index is 12.6. The molecular weight excluding hydrogens is 480 g/mol. The van der Waals surface area contributed by atoms with Crippen molar-refractivity contribution in [3.63, 3.8) is 0 Å². The van der Waals surface area contributed by atoms with Crippen LogP contribution in [0.3, 0.4) is 0 Å². The topological polar surface area (TPSA) is 123 Å². The third-order valence-electron chi connectivity index (χ3n) is 5.65. The monoisotopic (exact) mass is 506 g/mol. The number of carbonyl (C=O) groups is 2. The van der Waals surface area contributed by atoms with E-state index in [0.29, 0.717) is 22.3 Å². The molecule has 38 heavy (non-hydrogen) atoms. The number of amides is 2. The number of rotatable bonds is 8. The minimum atomic E-state index is -1.15. The molecule has 0 aliphatic rings. The molecule has 2 atom stereocenters. The van der Waals surface area contributed by atoms with E-state index in [2.05, 4.69) is 21.1 Å². The molecule has 0 aliphatic carbocycles. The van der Waals surface area contributed by atoms with Crippen molar-refractivity contribution in [2.24, 2.45) is 10.2 Å². The maximum Gasteiger partial charge on any atom is 0.331 e. The number of hydrogen-bond acceptors (Lipinski definition) is 6. The van der Waals surface area contributed by atoms with Gasteiger partial charge in [-0.15, -0.1) is 0 Å². The van der Waals surface area contributed by atoms with Crippen molar-refractivity contribution in [3.8, 4) is 0 Å². The van der Waals surface area contributed by atoms with Crippen LogP contribution >= 0.6 is 0 Å². The van der Waals surface area contributed by atoms with E-state index >= 15 is 0 Å². The van der Waals surface area contributed by atoms with Crippen molar-refractivity contribution >= 4 is 23.2 Å². The number of nitrogens with zero attached hydrogens (tertiary/aromatic N) is 2. The number of aliphatic hydroxyl groups excluding tert-OH is 2. The van der Waals surface area contributed by atoms with Gasteiger partial charge in [0.15, 0.2) is 0 Å². The molecule has 8 heteroatoms. The zero-order valence-corrected chi connectivity index (χ0v) is 20.3. The summed E-state index contributed by atoms with van der Waals surface area (Å²) in [6.45, 7) is 0. The molecule has 0 heterocycles. The van der Waals surface area contributed by atoms with Crippen molar-refractivity contribution in [2.75, 3.05) is 0 Å². The fourth-order valence-electron chi connectivity index (χ4n) is 3.69. The highest BCUT2D eigenvalue weighted by Crippen LogP contribution is 2.20. The van der Waals surface area contributed by atoms with Crippen LogP contribution in [0.2, 0.25) is 0 Å². The second-order valence-electron chi connectivity index (χ2n) is 8.23. The van der Waals surface area contributed by atoms with Crippen LogP contribution in [-0.2, 0) is 9.59 Å². The molecule has 2 unspecified atom stereocenters. The van der Waals surface area contributed by atoms with Crippen molar-refractivity contribution in [1.82, 2.24) is 10.9 Å². The highest BCUT2D eigenvalue weighted by molar-refractivity contribution is 6.35. The summed E-state index contributed by atoms with van der Waals surface area (Å²) in [5, 5.41) is 30.0. The van der Waals surface area contributed by atoms with Crippen LogP contribution in [0.5, 0.6) is 0 Å². The molecular formula is C30H26N4O4. The summed E-state index contributed by atoms with van der Waals surface area (Å²) in [5.74, 6) is -2.19. The van der Waals surface area contributed by atoms with E-state index in [4.69, 9.17) is 0 Å². The standard InChI is InChI=1S/C30H26N4O4/c35-27(23-17-9-3-10-18-23)25(21-13-5-1-6-14-21)31-33-29(37)30(38)34-32-26(22-15-7-2-8-16-22)28(36)24-19-11-4-12-20-24/h1-20,27-28,35-36H,(H,33,37)(H,34,38). The van der Waals surface area contributed by atoms with E-state index < -0.39 is 24.0 Å². The molecule has 0 fully saturated rings. The van der Waals surface area contributed by atoms with Gasteiger partial charge in [0.2, 0.25) is 0 Å². The molecule has 0 spiro atoms. The average molecular weight is 507 g/mol. The van der Waals surface area contributed by atoms with Gasteiger partial charge in [0.1, 0.15) is 23.6 Å². The first kappa shape index (κ1) is 26.2. The molecule has 4 aromatic carbocycles. The van der Waals surface area contributed by atoms with E-state index in [9.17, 15) is 19.8 Å². The number of benzene rings is 4. The van der Waals surface area contributed by atoms with E-state index in [1.807, 2.05) is 24.3 Å². The highest BCUT2D eigenvalue weighted by atomic mass is 16.3. The minimum absolute atomic E-state index is 0.158. The summed E-state index contributed by atoms with van der Waals surface area (Å²) >= 11 is 0. The van der Waals surface area contributed by atoms with Crippen molar-refractivity contribution in [3.05, 3.63) is 144 Å². The first-order chi connectivity index (χ1) is 18.5. The summed E-state index contributed by atoms with van der Waals surface area (Å²) < 4.78 is 0. The Kier molecular flexibility index (Phi) is 8.85. The molecule has 0 aliphatic heterocycles. The van der Waals surface area contributed by atoms with Gasteiger partial charge in [-0.3, -0.25) is 9.59 Å². The molecule has 4 N–H and O–H groups in total. The smallest absolute Gasteiger partial charge is 0.331 e. The Hall–Kier alpha value is -4.92. The zero-order chi connectivity index (χ0) is 26.7. The van der Waals surface area contributed by atoms with Crippen LogP contribution in [0.4, 0.5) is 0 Å². The first-order valence-electron chi connectivity index (χ1n) is 11.9. The fourth-order valence-corrected chi connectivity index (χ4v) is 3.69. The lowest BCUT2D eigenvalue weighted by atomic mass is 9.99. The maximum absolute atomic E-state index is 12.6. The van der Waals surface area contributed by atoms with Gasteiger partial charge in [0.25, 0.3) is 0 Å². The van der Waals surface area contributed by atoms with Crippen LogP contribution in [0.25, 0.3) is 0 Å². The Bertz CT molecular complexity index is 1300. The van der Waals surface area contributed by atoms with Crippen LogP contribution in [0, 0.1) is 0 Å². The van der Waals surface area contributed by atoms with Gasteiger partial charge in [-0.1, -0.05) is 121 Å². The number of hydrazone groups is 2. The van der Waals surface area contributed by atoms with E-state index in [1.54, 1.807) is 97.1 Å². The fraction of sp³-hybridized carbons (Fsp3) is 0.0667. The van der Waals surface area contributed by atoms with Gasteiger partial charge in [-0.2, -0.15) is 10.2 Å². The summed E-state index contributed by atoms with van der Waals surface area (Å²) in [4.78, 5) is 25.2. The van der Waals surface area contributed by atoms with Crippen molar-refractivity contribution in [1.29, 1.82) is 0 Å². The van der Waals surface area contributed by atoms with Gasteiger partial charge in [0, 0.05) is 11.1 Å². The summed E-state index contributed by atoms with van der Waals surface area (Å²) in [6.07, 6.45) is -2.30. The van der Waals surface area contributed by atoms with Gasteiger partial charge in [0.05, 0.1) is 0 Å². The third-order valence-corrected chi connectivity index (χ3v) is 5.65. The Morgan fingerprint density at radius 2 is 0.789 bits per heavy atom. The zero-order valence-electron chi connectivity index (χ0n) is 20.3. The Balaban J connectivity index is 1.54. The molecule has 0 aromatic heterocycles. The molecule has 4 aromatic rings. The Morgan fingerprint density at radius 3 is 1.11 bits per heavy atom. The lowest BCUT2D eigenvalue weighted by Gasteiger charge is -2.15. The second-order valence-corrected chi connectivity index (χ2v) is 8.23.